The molecule has 0 saturated heterocycles. The van der Waals surface area contributed by atoms with Crippen molar-refractivity contribution in [1.29, 1.82) is 0 Å². The van der Waals surface area contributed by atoms with Crippen molar-refractivity contribution in [3.63, 3.8) is 0 Å². The van der Waals surface area contributed by atoms with E-state index >= 15 is 0 Å². The Morgan fingerprint density at radius 2 is 1.09 bits per heavy atom. The predicted octanol–water partition coefficient (Wildman–Crippen LogP) is 11.6. The van der Waals surface area contributed by atoms with Gasteiger partial charge >= 0.3 is 0 Å². The van der Waals surface area contributed by atoms with E-state index in [1.54, 1.807) is 0 Å². The number of aryl methyl sites for hydroxylation is 5. The largest absolute Gasteiger partial charge is 0.333 e. The van der Waals surface area contributed by atoms with Gasteiger partial charge in [-0.3, -0.25) is 4.98 Å². The van der Waals surface area contributed by atoms with Crippen molar-refractivity contribution < 1.29 is 20.1 Å². The average molecular weight is 784 g/mol. The molecule has 8 aromatic rings. The van der Waals surface area contributed by atoms with Crippen molar-refractivity contribution in [2.24, 2.45) is 0 Å². The maximum absolute atomic E-state index is 4.99. The van der Waals surface area contributed by atoms with Gasteiger partial charge < -0.3 is 4.40 Å². The van der Waals surface area contributed by atoms with Gasteiger partial charge in [0.05, 0.1) is 11.3 Å². The van der Waals surface area contributed by atoms with Crippen LogP contribution >= 0.6 is 0 Å². The summed E-state index contributed by atoms with van der Waals surface area (Å²) in [6.45, 7) is 10.8. The summed E-state index contributed by atoms with van der Waals surface area (Å²) in [5, 5.41) is 3.39. The van der Waals surface area contributed by atoms with Crippen LogP contribution in [-0.2, 0) is 20.1 Å². The van der Waals surface area contributed by atoms with Gasteiger partial charge in [0.15, 0.2) is 0 Å². The molecule has 0 fully saturated rings. The third-order valence-electron chi connectivity index (χ3n) is 9.34. The second-order valence-corrected chi connectivity index (χ2v) is 12.8. The van der Waals surface area contributed by atoms with Crippen molar-refractivity contribution >= 4 is 27.3 Å². The Labute approximate surface area is 290 Å². The first kappa shape index (κ1) is 30.8. The van der Waals surface area contributed by atoms with Gasteiger partial charge in [-0.2, -0.15) is 0 Å². The minimum Gasteiger partial charge on any atom is -0.333 e. The van der Waals surface area contributed by atoms with E-state index in [4.69, 9.17) is 4.98 Å². The third-order valence-corrected chi connectivity index (χ3v) is 9.34. The smallest absolute Gasteiger partial charge is 0.0639 e. The van der Waals surface area contributed by atoms with Crippen molar-refractivity contribution in [2.75, 3.05) is 0 Å². The first-order valence-electron chi connectivity index (χ1n) is 16.0. The first-order chi connectivity index (χ1) is 22.3. The molecule has 231 valence electrons. The molecule has 0 atom stereocenters. The summed E-state index contributed by atoms with van der Waals surface area (Å²) >= 11 is 0. The fourth-order valence-corrected chi connectivity index (χ4v) is 7.12. The van der Waals surface area contributed by atoms with Gasteiger partial charge in [-0.25, -0.2) is 0 Å². The quantitative estimate of drug-likeness (QED) is 0.128. The van der Waals surface area contributed by atoms with E-state index in [2.05, 4.69) is 154 Å². The molecule has 0 aliphatic heterocycles. The number of hydrogen-bond donors (Lipinski definition) is 0. The maximum atomic E-state index is 4.99. The van der Waals surface area contributed by atoms with Gasteiger partial charge in [-0.15, -0.1) is 29.7 Å². The number of hydrogen-bond acceptors (Lipinski definition) is 1. The van der Waals surface area contributed by atoms with Crippen molar-refractivity contribution in [2.45, 2.75) is 34.6 Å². The molecule has 0 bridgehead atoms. The van der Waals surface area contributed by atoms with Gasteiger partial charge in [0.25, 0.3) is 0 Å². The van der Waals surface area contributed by atoms with Crippen LogP contribution in [0.3, 0.4) is 0 Å². The Bertz CT molecular complexity index is 2360. The summed E-state index contributed by atoms with van der Waals surface area (Å²) in [6, 6.07) is 45.9. The summed E-state index contributed by atoms with van der Waals surface area (Å²) in [5.74, 6) is 0. The van der Waals surface area contributed by atoms with Crippen LogP contribution in [0.15, 0.2) is 121 Å². The molecule has 1 radical (unpaired) electrons. The molecule has 47 heavy (non-hydrogen) atoms. The van der Waals surface area contributed by atoms with Crippen LogP contribution in [0, 0.1) is 40.7 Å². The van der Waals surface area contributed by atoms with Crippen LogP contribution in [0.4, 0.5) is 0 Å². The van der Waals surface area contributed by atoms with Crippen molar-refractivity contribution in [3.05, 3.63) is 155 Å². The summed E-state index contributed by atoms with van der Waals surface area (Å²) in [6.07, 6.45) is 2.03. The zero-order valence-corrected chi connectivity index (χ0v) is 29.7. The number of aromatic nitrogens is 2. The summed E-state index contributed by atoms with van der Waals surface area (Å²) in [5.41, 5.74) is 18.0. The SMILES string of the molecule is Cc1ccc(-c2cc(-c3ccc(C)cc3)cc(-c3ccc4c(c3)c3ccc[c-]c3c3ncc(-c5c(C)cc(C)cc5C)n43)c2)cc1.[Ir]. The minimum atomic E-state index is 0. The van der Waals surface area contributed by atoms with Crippen molar-refractivity contribution in [3.8, 4) is 44.6 Å². The monoisotopic (exact) mass is 784 g/mol. The number of rotatable bonds is 4. The molecule has 0 N–H and O–H groups in total. The van der Waals surface area contributed by atoms with E-state index in [0.717, 1.165) is 27.6 Å². The standard InChI is InChI=1S/C44H35N2.Ir/c1-27-10-14-32(15-11-27)35-22-36(33-16-12-28(2)13-17-33)24-37(23-35)34-18-19-41-40(25-34)38-8-6-7-9-39(38)44-45-26-42(46(41)44)43-30(4)20-29(3)21-31(43)5;/h6-8,10-26H,1-5H3;/q-1;. The Morgan fingerprint density at radius 3 is 1.68 bits per heavy atom. The normalized spacial score (nSPS) is 11.3. The van der Waals surface area contributed by atoms with Crippen LogP contribution in [-0.4, -0.2) is 9.38 Å². The summed E-state index contributed by atoms with van der Waals surface area (Å²) < 4.78 is 2.34. The number of imidazole rings is 1. The van der Waals surface area contributed by atoms with Crippen LogP contribution < -0.4 is 0 Å². The van der Waals surface area contributed by atoms with Crippen LogP contribution in [0.25, 0.3) is 72.0 Å². The topological polar surface area (TPSA) is 17.3 Å². The van der Waals surface area contributed by atoms with Crippen LogP contribution in [0.2, 0.25) is 0 Å². The van der Waals surface area contributed by atoms with Gasteiger partial charge in [0.2, 0.25) is 0 Å². The summed E-state index contributed by atoms with van der Waals surface area (Å²) in [7, 11) is 0. The summed E-state index contributed by atoms with van der Waals surface area (Å²) in [4.78, 5) is 4.99. The van der Waals surface area contributed by atoms with Gasteiger partial charge in [-0.1, -0.05) is 94.9 Å². The molecule has 0 saturated carbocycles. The van der Waals surface area contributed by atoms with Crippen molar-refractivity contribution in [1.82, 2.24) is 9.38 Å². The molecule has 0 spiro atoms. The van der Waals surface area contributed by atoms with Crippen LogP contribution in [0.5, 0.6) is 0 Å². The zero-order chi connectivity index (χ0) is 31.5. The Kier molecular flexibility index (Phi) is 7.92. The molecular weight excluding hydrogens is 749 g/mol. The van der Waals surface area contributed by atoms with E-state index in [1.165, 1.54) is 72.1 Å². The molecular formula is C44H35IrN2-. The Balaban J connectivity index is 0.00000351. The van der Waals surface area contributed by atoms with E-state index in [-0.39, 0.29) is 20.1 Å². The van der Waals surface area contributed by atoms with E-state index in [0.29, 0.717) is 0 Å². The van der Waals surface area contributed by atoms with E-state index < -0.39 is 0 Å². The number of pyridine rings is 1. The van der Waals surface area contributed by atoms with Gasteiger partial charge in [0.1, 0.15) is 0 Å². The molecule has 2 aromatic heterocycles. The van der Waals surface area contributed by atoms with E-state index in [9.17, 15) is 0 Å². The fourth-order valence-electron chi connectivity index (χ4n) is 7.12. The molecule has 0 unspecified atom stereocenters. The fraction of sp³-hybridized carbons (Fsp3) is 0.114. The minimum absolute atomic E-state index is 0. The molecule has 2 nitrogen and oxygen atoms in total. The molecule has 6 aromatic carbocycles. The molecule has 3 heteroatoms. The zero-order valence-electron chi connectivity index (χ0n) is 27.3. The molecule has 0 aliphatic carbocycles. The average Bonchev–Trinajstić information content (AvgIpc) is 3.50. The number of nitrogens with zero attached hydrogens (tertiary/aromatic N) is 2. The Hall–Kier alpha value is -4.82. The second-order valence-electron chi connectivity index (χ2n) is 12.8. The van der Waals surface area contributed by atoms with Gasteiger partial charge in [-0.05, 0) is 109 Å². The maximum Gasteiger partial charge on any atom is 0.0639 e. The Morgan fingerprint density at radius 1 is 0.532 bits per heavy atom. The third kappa shape index (κ3) is 5.40. The van der Waals surface area contributed by atoms with Crippen LogP contribution in [0.1, 0.15) is 27.8 Å². The number of fused-ring (bicyclic) bond motifs is 6. The second kappa shape index (κ2) is 12.1. The molecule has 0 amide bonds. The van der Waals surface area contributed by atoms with E-state index in [1.807, 2.05) is 12.3 Å². The first-order valence-corrected chi connectivity index (χ1v) is 16.0. The predicted molar refractivity (Wildman–Crippen MR) is 194 cm³/mol. The molecule has 0 aliphatic rings. The molecule has 8 rings (SSSR count). The number of benzene rings is 6. The molecule has 2 heterocycles. The van der Waals surface area contributed by atoms with Gasteiger partial charge in [0, 0.05) is 37.4 Å².